The standard InChI is InChI=1S/C19H20N2O5S2/c22-19(25-15-11-9-14(10-12-15)21(23)24)26-16-6-2-1-3-7-17(16)27-28-18-8-4-5-13-20-18/h4-5,8-13,16-17H,1-3,6-7H2/t16-,17-/m0/s1. The third-order valence-corrected chi connectivity index (χ3v) is 7.12. The molecule has 0 saturated heterocycles. The van der Waals surface area contributed by atoms with Crippen molar-refractivity contribution in [3.63, 3.8) is 0 Å². The zero-order chi connectivity index (χ0) is 19.8. The van der Waals surface area contributed by atoms with Crippen LogP contribution in [0.2, 0.25) is 0 Å². The van der Waals surface area contributed by atoms with E-state index in [0.717, 1.165) is 37.1 Å². The molecule has 0 amide bonds. The van der Waals surface area contributed by atoms with Gasteiger partial charge in [0, 0.05) is 18.3 Å². The molecule has 3 rings (SSSR count). The normalized spacial score (nSPS) is 19.4. The fourth-order valence-electron chi connectivity index (χ4n) is 2.87. The molecular formula is C19H20N2O5S2. The van der Waals surface area contributed by atoms with Crippen LogP contribution < -0.4 is 4.74 Å². The summed E-state index contributed by atoms with van der Waals surface area (Å²) in [6.07, 6.45) is 5.69. The van der Waals surface area contributed by atoms with Crippen molar-refractivity contribution in [3.8, 4) is 5.75 Å². The summed E-state index contributed by atoms with van der Waals surface area (Å²) >= 11 is 0. The Hall–Kier alpha value is -2.26. The predicted octanol–water partition coefficient (Wildman–Crippen LogP) is 5.65. The fourth-order valence-corrected chi connectivity index (χ4v) is 5.53. The highest BCUT2D eigenvalue weighted by Crippen LogP contribution is 2.40. The van der Waals surface area contributed by atoms with Gasteiger partial charge in [0.1, 0.15) is 16.9 Å². The van der Waals surface area contributed by atoms with Crippen LogP contribution in [0.1, 0.15) is 32.1 Å². The van der Waals surface area contributed by atoms with E-state index in [1.807, 2.05) is 18.2 Å². The Balaban J connectivity index is 1.57. The molecule has 148 valence electrons. The lowest BCUT2D eigenvalue weighted by molar-refractivity contribution is -0.384. The minimum Gasteiger partial charge on any atom is -0.429 e. The van der Waals surface area contributed by atoms with Crippen LogP contribution in [0, 0.1) is 10.1 Å². The maximum atomic E-state index is 12.2. The highest BCUT2D eigenvalue weighted by atomic mass is 33.1. The monoisotopic (exact) mass is 420 g/mol. The van der Waals surface area contributed by atoms with Crippen molar-refractivity contribution < 1.29 is 19.2 Å². The second kappa shape index (κ2) is 10.3. The highest BCUT2D eigenvalue weighted by molar-refractivity contribution is 8.76. The summed E-state index contributed by atoms with van der Waals surface area (Å²) in [5, 5.41) is 11.8. The summed E-state index contributed by atoms with van der Waals surface area (Å²) in [6, 6.07) is 11.1. The molecule has 1 fully saturated rings. The minimum atomic E-state index is -0.783. The van der Waals surface area contributed by atoms with E-state index in [9.17, 15) is 14.9 Å². The summed E-state index contributed by atoms with van der Waals surface area (Å²) in [5.74, 6) is 0.219. The van der Waals surface area contributed by atoms with Gasteiger partial charge in [0.25, 0.3) is 5.69 Å². The van der Waals surface area contributed by atoms with Gasteiger partial charge in [0.2, 0.25) is 0 Å². The maximum absolute atomic E-state index is 12.2. The van der Waals surface area contributed by atoms with Gasteiger partial charge in [-0.2, -0.15) is 0 Å². The van der Waals surface area contributed by atoms with Crippen molar-refractivity contribution in [1.82, 2.24) is 4.98 Å². The van der Waals surface area contributed by atoms with Crippen LogP contribution in [0.3, 0.4) is 0 Å². The quantitative estimate of drug-likeness (QED) is 0.148. The third kappa shape index (κ3) is 6.13. The van der Waals surface area contributed by atoms with Crippen molar-refractivity contribution >= 4 is 33.4 Å². The average molecular weight is 421 g/mol. The lowest BCUT2D eigenvalue weighted by atomic mass is 10.1. The average Bonchev–Trinajstić information content (AvgIpc) is 2.92. The van der Waals surface area contributed by atoms with Gasteiger partial charge in [0.15, 0.2) is 0 Å². The third-order valence-electron chi connectivity index (χ3n) is 4.28. The second-order valence-electron chi connectivity index (χ2n) is 6.28. The van der Waals surface area contributed by atoms with Gasteiger partial charge < -0.3 is 9.47 Å². The smallest absolute Gasteiger partial charge is 0.429 e. The van der Waals surface area contributed by atoms with E-state index in [2.05, 4.69) is 4.98 Å². The van der Waals surface area contributed by atoms with E-state index in [-0.39, 0.29) is 22.8 Å². The number of nitro benzene ring substituents is 1. The number of non-ortho nitro benzene ring substituents is 1. The van der Waals surface area contributed by atoms with Crippen LogP contribution >= 0.6 is 21.6 Å². The van der Waals surface area contributed by atoms with Crippen LogP contribution in [0.4, 0.5) is 10.5 Å². The van der Waals surface area contributed by atoms with Gasteiger partial charge in [-0.05, 0) is 54.3 Å². The van der Waals surface area contributed by atoms with E-state index >= 15 is 0 Å². The number of rotatable bonds is 6. The van der Waals surface area contributed by atoms with Crippen molar-refractivity contribution in [3.05, 3.63) is 58.8 Å². The molecule has 1 saturated carbocycles. The zero-order valence-corrected chi connectivity index (χ0v) is 16.7. The molecule has 1 aliphatic carbocycles. The number of hydrogen-bond donors (Lipinski definition) is 0. The first-order valence-electron chi connectivity index (χ1n) is 8.99. The molecule has 1 heterocycles. The summed E-state index contributed by atoms with van der Waals surface area (Å²) in [4.78, 5) is 26.7. The molecule has 0 radical (unpaired) electrons. The van der Waals surface area contributed by atoms with Gasteiger partial charge in [-0.3, -0.25) is 10.1 Å². The van der Waals surface area contributed by atoms with Gasteiger partial charge in [0.05, 0.1) is 10.2 Å². The van der Waals surface area contributed by atoms with Crippen LogP contribution in [0.5, 0.6) is 5.75 Å². The molecule has 2 aromatic rings. The van der Waals surface area contributed by atoms with Crippen molar-refractivity contribution in [2.75, 3.05) is 0 Å². The van der Waals surface area contributed by atoms with Gasteiger partial charge >= 0.3 is 6.16 Å². The molecule has 0 spiro atoms. The molecule has 2 atom stereocenters. The number of ether oxygens (including phenoxy) is 2. The largest absolute Gasteiger partial charge is 0.514 e. The van der Waals surface area contributed by atoms with E-state index in [4.69, 9.17) is 9.47 Å². The summed E-state index contributed by atoms with van der Waals surface area (Å²) < 4.78 is 10.8. The molecule has 1 aromatic heterocycles. The van der Waals surface area contributed by atoms with E-state index in [1.54, 1.807) is 27.8 Å². The molecule has 1 aliphatic rings. The number of pyridine rings is 1. The Kier molecular flexibility index (Phi) is 7.55. The Bertz CT molecular complexity index is 789. The van der Waals surface area contributed by atoms with Crippen molar-refractivity contribution in [2.45, 2.75) is 48.5 Å². The van der Waals surface area contributed by atoms with Gasteiger partial charge in [-0.1, -0.05) is 29.7 Å². The number of carbonyl (C=O) groups is 1. The molecule has 7 nitrogen and oxygen atoms in total. The molecule has 28 heavy (non-hydrogen) atoms. The predicted molar refractivity (Wildman–Crippen MR) is 109 cm³/mol. The van der Waals surface area contributed by atoms with E-state index < -0.39 is 11.1 Å². The number of carbonyl (C=O) groups excluding carboxylic acids is 1. The Morgan fingerprint density at radius 3 is 2.61 bits per heavy atom. The maximum Gasteiger partial charge on any atom is 0.514 e. The fraction of sp³-hybridized carbons (Fsp3) is 0.368. The zero-order valence-electron chi connectivity index (χ0n) is 15.1. The number of benzene rings is 1. The molecule has 0 aliphatic heterocycles. The van der Waals surface area contributed by atoms with Crippen molar-refractivity contribution in [1.29, 1.82) is 0 Å². The number of aromatic nitrogens is 1. The van der Waals surface area contributed by atoms with Crippen LogP contribution in [0.15, 0.2) is 53.7 Å². The highest BCUT2D eigenvalue weighted by Gasteiger charge is 2.29. The lowest BCUT2D eigenvalue weighted by Gasteiger charge is -2.23. The molecular weight excluding hydrogens is 400 g/mol. The van der Waals surface area contributed by atoms with Gasteiger partial charge in [-0.25, -0.2) is 9.78 Å². The first kappa shape index (κ1) is 20.5. The number of nitrogens with zero attached hydrogens (tertiary/aromatic N) is 2. The van der Waals surface area contributed by atoms with Gasteiger partial charge in [-0.15, -0.1) is 0 Å². The Morgan fingerprint density at radius 1 is 1.11 bits per heavy atom. The number of hydrogen-bond acceptors (Lipinski definition) is 8. The Labute approximate surface area is 170 Å². The summed E-state index contributed by atoms with van der Waals surface area (Å²) in [5.41, 5.74) is -0.0625. The lowest BCUT2D eigenvalue weighted by Crippen LogP contribution is -2.29. The molecule has 0 unspecified atom stereocenters. The molecule has 9 heteroatoms. The molecule has 1 aromatic carbocycles. The Morgan fingerprint density at radius 2 is 1.89 bits per heavy atom. The first-order valence-corrected chi connectivity index (χ1v) is 11.2. The number of nitro groups is 1. The van der Waals surface area contributed by atoms with Crippen LogP contribution in [-0.2, 0) is 4.74 Å². The van der Waals surface area contributed by atoms with Crippen LogP contribution in [0.25, 0.3) is 0 Å². The minimum absolute atomic E-state index is 0.0625. The van der Waals surface area contributed by atoms with Crippen LogP contribution in [-0.4, -0.2) is 27.4 Å². The molecule has 0 N–H and O–H groups in total. The van der Waals surface area contributed by atoms with E-state index in [1.165, 1.54) is 24.3 Å². The second-order valence-corrected chi connectivity index (χ2v) is 8.74. The summed E-state index contributed by atoms with van der Waals surface area (Å²) in [6.45, 7) is 0. The van der Waals surface area contributed by atoms with Crippen molar-refractivity contribution in [2.24, 2.45) is 0 Å². The summed E-state index contributed by atoms with van der Waals surface area (Å²) in [7, 11) is 3.26. The topological polar surface area (TPSA) is 91.6 Å². The van der Waals surface area contributed by atoms with E-state index in [0.29, 0.717) is 0 Å². The SMILES string of the molecule is O=C(Oc1ccc([N+](=O)[O-])cc1)O[C@H]1CCCCC[C@@H]1SSc1ccccn1. The molecule has 0 bridgehead atoms. The first-order chi connectivity index (χ1) is 13.6.